The fourth-order valence-electron chi connectivity index (χ4n) is 2.14. The Morgan fingerprint density at radius 2 is 1.95 bits per heavy atom. The van der Waals surface area contributed by atoms with Gasteiger partial charge in [0.25, 0.3) is 5.91 Å². The first-order chi connectivity index (χ1) is 8.86. The highest BCUT2D eigenvalue weighted by Crippen LogP contribution is 2.16. The van der Waals surface area contributed by atoms with E-state index in [4.69, 9.17) is 5.11 Å². The molecule has 1 aromatic carbocycles. The molecule has 1 aromatic rings. The van der Waals surface area contributed by atoms with Gasteiger partial charge < -0.3 is 10.0 Å². The van der Waals surface area contributed by atoms with Gasteiger partial charge in [0.15, 0.2) is 0 Å². The summed E-state index contributed by atoms with van der Waals surface area (Å²) in [5.41, 5.74) is 2.59. The number of carboxylic acids is 1. The van der Waals surface area contributed by atoms with E-state index in [1.54, 1.807) is 11.8 Å². The molecule has 0 saturated heterocycles. The van der Waals surface area contributed by atoms with Crippen LogP contribution in [0.3, 0.4) is 0 Å². The first-order valence-electron chi connectivity index (χ1n) is 6.46. The zero-order chi connectivity index (χ0) is 14.6. The molecular formula is C15H21NO3. The number of aryl methyl sites for hydroxylation is 2. The van der Waals surface area contributed by atoms with Gasteiger partial charge in [-0.05, 0) is 39.3 Å². The molecule has 0 saturated carbocycles. The molecule has 0 fully saturated rings. The van der Waals surface area contributed by atoms with Crippen molar-refractivity contribution in [3.05, 3.63) is 34.9 Å². The van der Waals surface area contributed by atoms with E-state index < -0.39 is 5.97 Å². The van der Waals surface area contributed by atoms with Crippen molar-refractivity contribution < 1.29 is 14.7 Å². The largest absolute Gasteiger partial charge is 0.481 e. The summed E-state index contributed by atoms with van der Waals surface area (Å²) in [6.07, 6.45) is -0.0373. The molecule has 0 aliphatic carbocycles. The van der Waals surface area contributed by atoms with E-state index in [0.29, 0.717) is 12.1 Å². The Kier molecular flexibility index (Phi) is 5.10. The number of benzene rings is 1. The van der Waals surface area contributed by atoms with Gasteiger partial charge in [0, 0.05) is 18.2 Å². The summed E-state index contributed by atoms with van der Waals surface area (Å²) in [6.45, 7) is 7.96. The Morgan fingerprint density at radius 3 is 2.47 bits per heavy atom. The Hall–Kier alpha value is -1.84. The topological polar surface area (TPSA) is 57.6 Å². The van der Waals surface area contributed by atoms with E-state index >= 15 is 0 Å². The highest BCUT2D eigenvalue weighted by atomic mass is 16.4. The summed E-state index contributed by atoms with van der Waals surface area (Å²) < 4.78 is 0. The minimum atomic E-state index is -0.889. The number of rotatable bonds is 5. The van der Waals surface area contributed by atoms with Crippen LogP contribution in [0.4, 0.5) is 0 Å². The Morgan fingerprint density at radius 1 is 1.32 bits per heavy atom. The zero-order valence-electron chi connectivity index (χ0n) is 11.9. The maximum Gasteiger partial charge on any atom is 0.305 e. The predicted octanol–water partition coefficient (Wildman–Crippen LogP) is 2.63. The number of nitrogens with zero attached hydrogens (tertiary/aromatic N) is 1. The number of carbonyl (C=O) groups excluding carboxylic acids is 1. The van der Waals surface area contributed by atoms with Crippen LogP contribution in [0.15, 0.2) is 18.2 Å². The first kappa shape index (κ1) is 15.2. The van der Waals surface area contributed by atoms with Crippen molar-refractivity contribution in [2.45, 2.75) is 40.2 Å². The summed E-state index contributed by atoms with van der Waals surface area (Å²) in [4.78, 5) is 24.9. The summed E-state index contributed by atoms with van der Waals surface area (Å²) >= 11 is 0. The molecular weight excluding hydrogens is 242 g/mol. The van der Waals surface area contributed by atoms with Gasteiger partial charge in [0.2, 0.25) is 0 Å². The summed E-state index contributed by atoms with van der Waals surface area (Å²) in [6, 6.07) is 5.42. The van der Waals surface area contributed by atoms with Gasteiger partial charge in [-0.3, -0.25) is 9.59 Å². The Bertz CT molecular complexity index is 482. The van der Waals surface area contributed by atoms with Crippen LogP contribution < -0.4 is 0 Å². The second-order valence-electron chi connectivity index (χ2n) is 4.86. The molecule has 0 aliphatic rings. The molecule has 104 valence electrons. The first-order valence-corrected chi connectivity index (χ1v) is 6.46. The fraction of sp³-hybridized carbons (Fsp3) is 0.467. The van der Waals surface area contributed by atoms with Crippen LogP contribution in [-0.2, 0) is 4.79 Å². The molecule has 1 atom stereocenters. The third-order valence-corrected chi connectivity index (χ3v) is 3.23. The van der Waals surface area contributed by atoms with Crippen LogP contribution in [0.2, 0.25) is 0 Å². The monoisotopic (exact) mass is 263 g/mol. The van der Waals surface area contributed by atoms with Crippen molar-refractivity contribution in [2.24, 2.45) is 0 Å². The molecule has 1 N–H and O–H groups in total. The molecule has 19 heavy (non-hydrogen) atoms. The maximum absolute atomic E-state index is 12.5. The quantitative estimate of drug-likeness (QED) is 0.888. The highest BCUT2D eigenvalue weighted by molar-refractivity contribution is 5.96. The third kappa shape index (κ3) is 3.81. The lowest BCUT2D eigenvalue weighted by Gasteiger charge is -2.27. The van der Waals surface area contributed by atoms with Gasteiger partial charge in [-0.25, -0.2) is 0 Å². The maximum atomic E-state index is 12.5. The van der Waals surface area contributed by atoms with E-state index in [1.807, 2.05) is 39.0 Å². The summed E-state index contributed by atoms with van der Waals surface area (Å²) in [5, 5.41) is 8.84. The van der Waals surface area contributed by atoms with Crippen LogP contribution in [-0.4, -0.2) is 34.5 Å². The SMILES string of the molecule is CCN(C(=O)c1cc(C)ccc1C)C(C)CC(=O)O. The minimum Gasteiger partial charge on any atom is -0.481 e. The number of aliphatic carboxylic acids is 1. The van der Waals surface area contributed by atoms with E-state index in [0.717, 1.165) is 11.1 Å². The molecule has 0 bridgehead atoms. The van der Waals surface area contributed by atoms with E-state index in [2.05, 4.69) is 0 Å². The van der Waals surface area contributed by atoms with Crippen molar-refractivity contribution in [3.8, 4) is 0 Å². The Balaban J connectivity index is 3.01. The number of hydrogen-bond donors (Lipinski definition) is 1. The lowest BCUT2D eigenvalue weighted by Crippen LogP contribution is -2.40. The van der Waals surface area contributed by atoms with E-state index in [9.17, 15) is 9.59 Å². The van der Waals surface area contributed by atoms with Crippen LogP contribution in [0, 0.1) is 13.8 Å². The second kappa shape index (κ2) is 6.36. The molecule has 4 nitrogen and oxygen atoms in total. The van der Waals surface area contributed by atoms with Crippen molar-refractivity contribution >= 4 is 11.9 Å². The van der Waals surface area contributed by atoms with Gasteiger partial charge in [0.05, 0.1) is 6.42 Å². The highest BCUT2D eigenvalue weighted by Gasteiger charge is 2.23. The standard InChI is InChI=1S/C15H21NO3/c1-5-16(12(4)9-14(17)18)15(19)13-8-10(2)6-7-11(13)3/h6-8,12H,5,9H2,1-4H3,(H,17,18). The lowest BCUT2D eigenvalue weighted by atomic mass is 10.0. The van der Waals surface area contributed by atoms with Gasteiger partial charge in [-0.1, -0.05) is 17.7 Å². The van der Waals surface area contributed by atoms with Crippen molar-refractivity contribution in [1.29, 1.82) is 0 Å². The lowest BCUT2D eigenvalue weighted by molar-refractivity contribution is -0.138. The molecule has 0 aliphatic heterocycles. The smallest absolute Gasteiger partial charge is 0.305 e. The van der Waals surface area contributed by atoms with Crippen LogP contribution in [0.1, 0.15) is 41.8 Å². The van der Waals surface area contributed by atoms with Crippen molar-refractivity contribution in [2.75, 3.05) is 6.54 Å². The average molecular weight is 263 g/mol. The van der Waals surface area contributed by atoms with Crippen LogP contribution in [0.25, 0.3) is 0 Å². The van der Waals surface area contributed by atoms with Gasteiger partial charge in [-0.2, -0.15) is 0 Å². The van der Waals surface area contributed by atoms with Crippen molar-refractivity contribution in [3.63, 3.8) is 0 Å². The van der Waals surface area contributed by atoms with Gasteiger partial charge in [0.1, 0.15) is 0 Å². The van der Waals surface area contributed by atoms with Crippen molar-refractivity contribution in [1.82, 2.24) is 4.90 Å². The number of carboxylic acid groups (broad SMARTS) is 1. The number of hydrogen-bond acceptors (Lipinski definition) is 2. The van der Waals surface area contributed by atoms with Gasteiger partial charge in [-0.15, -0.1) is 0 Å². The number of amides is 1. The van der Waals surface area contributed by atoms with Crippen LogP contribution >= 0.6 is 0 Å². The molecule has 0 aromatic heterocycles. The zero-order valence-corrected chi connectivity index (χ0v) is 11.9. The molecule has 4 heteroatoms. The molecule has 1 amide bonds. The molecule has 1 unspecified atom stereocenters. The Labute approximate surface area is 114 Å². The third-order valence-electron chi connectivity index (χ3n) is 3.23. The van der Waals surface area contributed by atoms with Gasteiger partial charge >= 0.3 is 5.97 Å². The van der Waals surface area contributed by atoms with E-state index in [1.165, 1.54) is 0 Å². The fourth-order valence-corrected chi connectivity index (χ4v) is 2.14. The molecule has 1 rings (SSSR count). The molecule has 0 radical (unpaired) electrons. The predicted molar refractivity (Wildman–Crippen MR) is 74.3 cm³/mol. The summed E-state index contributed by atoms with van der Waals surface area (Å²) in [7, 11) is 0. The summed E-state index contributed by atoms with van der Waals surface area (Å²) in [5.74, 6) is -0.989. The second-order valence-corrected chi connectivity index (χ2v) is 4.86. The van der Waals surface area contributed by atoms with Crippen LogP contribution in [0.5, 0.6) is 0 Å². The molecule has 0 spiro atoms. The number of carbonyl (C=O) groups is 2. The normalized spacial score (nSPS) is 12.0. The van der Waals surface area contributed by atoms with E-state index in [-0.39, 0.29) is 18.4 Å². The average Bonchev–Trinajstić information content (AvgIpc) is 2.32. The minimum absolute atomic E-state index is 0.0373. The molecule has 0 heterocycles.